The van der Waals surface area contributed by atoms with Gasteiger partial charge < -0.3 is 10.1 Å². The Morgan fingerprint density at radius 1 is 1.38 bits per heavy atom. The molecule has 0 atom stereocenters. The van der Waals surface area contributed by atoms with Gasteiger partial charge >= 0.3 is 0 Å². The van der Waals surface area contributed by atoms with Crippen LogP contribution in [0.5, 0.6) is 0 Å². The van der Waals surface area contributed by atoms with Crippen LogP contribution in [0.4, 0.5) is 0 Å². The smallest absolute Gasteiger partial charge is 0.0746 e. The highest BCUT2D eigenvalue weighted by Gasteiger charge is 2.14. The lowest BCUT2D eigenvalue weighted by Crippen LogP contribution is -2.36. The molecule has 0 aromatic heterocycles. The average Bonchev–Trinajstić information content (AvgIpc) is 2.23. The molecule has 1 aromatic rings. The van der Waals surface area contributed by atoms with E-state index in [2.05, 4.69) is 25.2 Å². The fourth-order valence-electron chi connectivity index (χ4n) is 1.33. The summed E-state index contributed by atoms with van der Waals surface area (Å²) >= 11 is 6.06. The molecule has 16 heavy (non-hydrogen) atoms. The van der Waals surface area contributed by atoms with Gasteiger partial charge in [0, 0.05) is 25.2 Å². The van der Waals surface area contributed by atoms with Gasteiger partial charge in [-0.05, 0) is 38.0 Å². The highest BCUT2D eigenvalue weighted by atomic mass is 35.5. The van der Waals surface area contributed by atoms with Gasteiger partial charge in [0.15, 0.2) is 0 Å². The lowest BCUT2D eigenvalue weighted by atomic mass is 10.1. The van der Waals surface area contributed by atoms with Gasteiger partial charge in [-0.3, -0.25) is 0 Å². The number of hydrogen-bond donors (Lipinski definition) is 1. The summed E-state index contributed by atoms with van der Waals surface area (Å²) in [6.45, 7) is 7.75. The van der Waals surface area contributed by atoms with Crippen LogP contribution in [0.25, 0.3) is 0 Å². The first-order chi connectivity index (χ1) is 7.44. The lowest BCUT2D eigenvalue weighted by molar-refractivity contribution is 0.0231. The highest BCUT2D eigenvalue weighted by Crippen LogP contribution is 2.16. The van der Waals surface area contributed by atoms with Gasteiger partial charge in [-0.25, -0.2) is 0 Å². The van der Waals surface area contributed by atoms with Crippen molar-refractivity contribution in [2.24, 2.45) is 0 Å². The molecular weight excluding hydrogens is 222 g/mol. The third-order valence-corrected chi connectivity index (χ3v) is 3.08. The summed E-state index contributed by atoms with van der Waals surface area (Å²) in [6.07, 6.45) is 0. The molecule has 0 amide bonds. The van der Waals surface area contributed by atoms with Crippen molar-refractivity contribution in [1.82, 2.24) is 5.32 Å². The Kier molecular flexibility index (Phi) is 4.78. The second-order valence-electron chi connectivity index (χ2n) is 4.65. The molecule has 0 unspecified atom stereocenters. The number of hydrogen-bond acceptors (Lipinski definition) is 2. The Hall–Kier alpha value is -0.570. The zero-order chi connectivity index (χ0) is 12.2. The molecule has 0 saturated carbocycles. The van der Waals surface area contributed by atoms with Gasteiger partial charge in [0.25, 0.3) is 0 Å². The molecule has 90 valence electrons. The molecule has 1 rings (SSSR count). The SMILES string of the molecule is COC(C)(C)CNCc1ccc(C)c(Cl)c1. The van der Waals surface area contributed by atoms with Crippen LogP contribution < -0.4 is 5.32 Å². The van der Waals surface area contributed by atoms with Crippen LogP contribution in [0.2, 0.25) is 5.02 Å². The van der Waals surface area contributed by atoms with E-state index in [9.17, 15) is 0 Å². The molecule has 0 aliphatic carbocycles. The largest absolute Gasteiger partial charge is 0.377 e. The van der Waals surface area contributed by atoms with Crippen molar-refractivity contribution in [2.45, 2.75) is 32.9 Å². The second-order valence-corrected chi connectivity index (χ2v) is 5.06. The van der Waals surface area contributed by atoms with Crippen molar-refractivity contribution in [1.29, 1.82) is 0 Å². The van der Waals surface area contributed by atoms with E-state index in [1.807, 2.05) is 19.1 Å². The Bertz CT molecular complexity index is 350. The fraction of sp³-hybridized carbons (Fsp3) is 0.538. The summed E-state index contributed by atoms with van der Waals surface area (Å²) in [5.41, 5.74) is 2.18. The quantitative estimate of drug-likeness (QED) is 0.855. The Morgan fingerprint density at radius 3 is 2.62 bits per heavy atom. The minimum Gasteiger partial charge on any atom is -0.377 e. The minimum atomic E-state index is -0.130. The van der Waals surface area contributed by atoms with Crippen molar-refractivity contribution in [3.8, 4) is 0 Å². The van der Waals surface area contributed by atoms with Crippen LogP contribution in [0.3, 0.4) is 0 Å². The maximum atomic E-state index is 6.06. The number of aryl methyl sites for hydroxylation is 1. The van der Waals surface area contributed by atoms with Crippen LogP contribution in [0.1, 0.15) is 25.0 Å². The summed E-state index contributed by atoms with van der Waals surface area (Å²) in [7, 11) is 1.73. The monoisotopic (exact) mass is 241 g/mol. The summed E-state index contributed by atoms with van der Waals surface area (Å²) in [4.78, 5) is 0. The molecule has 2 nitrogen and oxygen atoms in total. The van der Waals surface area contributed by atoms with Gasteiger partial charge in [0.1, 0.15) is 0 Å². The Morgan fingerprint density at radius 2 is 2.06 bits per heavy atom. The molecule has 3 heteroatoms. The maximum absolute atomic E-state index is 6.06. The van der Waals surface area contributed by atoms with E-state index < -0.39 is 0 Å². The zero-order valence-electron chi connectivity index (χ0n) is 10.4. The van der Waals surface area contributed by atoms with Crippen LogP contribution in [0.15, 0.2) is 18.2 Å². The second kappa shape index (κ2) is 5.67. The molecule has 0 fully saturated rings. The van der Waals surface area contributed by atoms with E-state index in [0.29, 0.717) is 0 Å². The van der Waals surface area contributed by atoms with Crippen LogP contribution >= 0.6 is 11.6 Å². The van der Waals surface area contributed by atoms with Crippen molar-refractivity contribution in [3.05, 3.63) is 34.3 Å². The Labute approximate surface area is 103 Å². The number of rotatable bonds is 5. The van der Waals surface area contributed by atoms with Crippen molar-refractivity contribution < 1.29 is 4.74 Å². The van der Waals surface area contributed by atoms with E-state index >= 15 is 0 Å². The predicted octanol–water partition coefficient (Wildman–Crippen LogP) is 3.16. The summed E-state index contributed by atoms with van der Waals surface area (Å²) in [5.74, 6) is 0. The first-order valence-corrected chi connectivity index (χ1v) is 5.83. The summed E-state index contributed by atoms with van der Waals surface area (Å²) < 4.78 is 5.33. The van der Waals surface area contributed by atoms with Crippen molar-refractivity contribution >= 4 is 11.6 Å². The number of methoxy groups -OCH3 is 1. The molecule has 0 spiro atoms. The van der Waals surface area contributed by atoms with Crippen LogP contribution in [0, 0.1) is 6.92 Å². The molecular formula is C13H20ClNO. The molecule has 0 radical (unpaired) electrons. The van der Waals surface area contributed by atoms with Gasteiger partial charge in [0.2, 0.25) is 0 Å². The van der Waals surface area contributed by atoms with Gasteiger partial charge in [-0.1, -0.05) is 23.7 Å². The van der Waals surface area contributed by atoms with Gasteiger partial charge in [-0.2, -0.15) is 0 Å². The lowest BCUT2D eigenvalue weighted by Gasteiger charge is -2.23. The van der Waals surface area contributed by atoms with E-state index in [0.717, 1.165) is 23.7 Å². The third kappa shape index (κ3) is 4.12. The molecule has 0 aliphatic heterocycles. The number of benzene rings is 1. The highest BCUT2D eigenvalue weighted by molar-refractivity contribution is 6.31. The van der Waals surface area contributed by atoms with Crippen LogP contribution in [-0.2, 0) is 11.3 Å². The molecule has 0 aliphatic rings. The topological polar surface area (TPSA) is 21.3 Å². The summed E-state index contributed by atoms with van der Waals surface area (Å²) in [6, 6.07) is 6.14. The van der Waals surface area contributed by atoms with E-state index in [-0.39, 0.29) is 5.60 Å². The minimum absolute atomic E-state index is 0.130. The fourth-order valence-corrected chi connectivity index (χ4v) is 1.53. The molecule has 1 N–H and O–H groups in total. The average molecular weight is 242 g/mol. The maximum Gasteiger partial charge on any atom is 0.0746 e. The standard InChI is InChI=1S/C13H20ClNO/c1-10-5-6-11(7-12(10)14)8-15-9-13(2,3)16-4/h5-7,15H,8-9H2,1-4H3. The van der Waals surface area contributed by atoms with E-state index in [1.165, 1.54) is 5.56 Å². The Balaban J connectivity index is 2.46. The van der Waals surface area contributed by atoms with E-state index in [1.54, 1.807) is 7.11 Å². The van der Waals surface area contributed by atoms with Crippen molar-refractivity contribution in [3.63, 3.8) is 0 Å². The molecule has 1 aromatic carbocycles. The first kappa shape index (κ1) is 13.5. The molecule has 0 saturated heterocycles. The normalized spacial score (nSPS) is 11.8. The summed E-state index contributed by atoms with van der Waals surface area (Å²) in [5, 5.41) is 4.18. The third-order valence-electron chi connectivity index (χ3n) is 2.67. The number of nitrogens with one attached hydrogen (secondary N) is 1. The van der Waals surface area contributed by atoms with Crippen LogP contribution in [-0.4, -0.2) is 19.3 Å². The van der Waals surface area contributed by atoms with Crippen molar-refractivity contribution in [2.75, 3.05) is 13.7 Å². The zero-order valence-corrected chi connectivity index (χ0v) is 11.2. The number of halogens is 1. The molecule has 0 bridgehead atoms. The van der Waals surface area contributed by atoms with Gasteiger partial charge in [-0.15, -0.1) is 0 Å². The first-order valence-electron chi connectivity index (χ1n) is 5.45. The van der Waals surface area contributed by atoms with Gasteiger partial charge in [0.05, 0.1) is 5.60 Å². The predicted molar refractivity (Wildman–Crippen MR) is 69.0 cm³/mol. The number of ether oxygens (including phenoxy) is 1. The molecule has 0 heterocycles. The van der Waals surface area contributed by atoms with E-state index in [4.69, 9.17) is 16.3 Å².